The number of hydrogen-bond donors (Lipinski definition) is 3. The molecular weight excluding hydrogens is 411 g/mol. The number of nitrogens with one attached hydrogen (secondary N) is 1. The third-order valence-electron chi connectivity index (χ3n) is 3.84. The first kappa shape index (κ1) is 19.8. The van der Waals surface area contributed by atoms with Crippen LogP contribution < -0.4 is 10.5 Å². The number of aliphatic hydroxyl groups excluding tert-OH is 1. The molecule has 0 amide bonds. The molecule has 0 radical (unpaired) electrons. The molecule has 0 aliphatic rings. The fourth-order valence-corrected chi connectivity index (χ4v) is 4.07. The lowest BCUT2D eigenvalue weighted by atomic mass is 9.89. The zero-order valence-electron chi connectivity index (χ0n) is 13.8. The molecule has 0 aromatic heterocycles. The second kappa shape index (κ2) is 7.82. The number of hydrogen-bond acceptors (Lipinski definition) is 4. The van der Waals surface area contributed by atoms with E-state index in [-0.39, 0.29) is 22.5 Å². The fourth-order valence-electron chi connectivity index (χ4n) is 2.67. The summed E-state index contributed by atoms with van der Waals surface area (Å²) in [6.07, 6.45) is -0.669. The van der Waals surface area contributed by atoms with Crippen molar-refractivity contribution in [2.75, 3.05) is 4.72 Å². The summed E-state index contributed by atoms with van der Waals surface area (Å²) in [5.41, 5.74) is 6.49. The van der Waals surface area contributed by atoms with E-state index in [0.717, 1.165) is 5.56 Å². The largest absolute Gasteiger partial charge is 0.393 e. The molecule has 2 aromatic rings. The van der Waals surface area contributed by atoms with Crippen LogP contribution in [0.25, 0.3) is 0 Å². The second-order valence-electron chi connectivity index (χ2n) is 5.92. The first-order valence-corrected chi connectivity index (χ1v) is 9.91. The van der Waals surface area contributed by atoms with Crippen LogP contribution in [0.2, 0.25) is 0 Å². The van der Waals surface area contributed by atoms with Gasteiger partial charge < -0.3 is 10.8 Å². The van der Waals surface area contributed by atoms with Crippen molar-refractivity contribution in [3.8, 4) is 0 Å². The SMILES string of the molecule is CC(N)C(c1ccc(S(=O)(=O)Nc2ccc(Br)cc2F)cc1)C(C)O. The molecule has 4 N–H and O–H groups in total. The van der Waals surface area contributed by atoms with Crippen molar-refractivity contribution in [1.29, 1.82) is 0 Å². The molecule has 0 heterocycles. The van der Waals surface area contributed by atoms with Crippen LogP contribution in [0.4, 0.5) is 10.1 Å². The Morgan fingerprint density at radius 3 is 2.24 bits per heavy atom. The van der Waals surface area contributed by atoms with E-state index in [9.17, 15) is 17.9 Å². The zero-order chi connectivity index (χ0) is 18.8. The molecule has 3 unspecified atom stereocenters. The van der Waals surface area contributed by atoms with Gasteiger partial charge in [0.05, 0.1) is 16.7 Å². The molecule has 8 heteroatoms. The van der Waals surface area contributed by atoms with Gasteiger partial charge in [-0.3, -0.25) is 4.72 Å². The van der Waals surface area contributed by atoms with Gasteiger partial charge in [-0.15, -0.1) is 0 Å². The Balaban J connectivity index is 2.28. The van der Waals surface area contributed by atoms with Gasteiger partial charge in [0.2, 0.25) is 0 Å². The van der Waals surface area contributed by atoms with E-state index >= 15 is 0 Å². The van der Waals surface area contributed by atoms with Crippen molar-refractivity contribution in [3.63, 3.8) is 0 Å². The quantitative estimate of drug-likeness (QED) is 0.655. The molecule has 0 aliphatic heterocycles. The van der Waals surface area contributed by atoms with Crippen LogP contribution in [0.1, 0.15) is 25.3 Å². The van der Waals surface area contributed by atoms with Gasteiger partial charge in [0.15, 0.2) is 0 Å². The van der Waals surface area contributed by atoms with Gasteiger partial charge in [-0.25, -0.2) is 12.8 Å². The van der Waals surface area contributed by atoms with Gasteiger partial charge in [-0.05, 0) is 49.7 Å². The van der Waals surface area contributed by atoms with E-state index in [1.807, 2.05) is 0 Å². The van der Waals surface area contributed by atoms with Crippen molar-refractivity contribution < 1.29 is 17.9 Å². The van der Waals surface area contributed by atoms with Crippen LogP contribution in [0.5, 0.6) is 0 Å². The van der Waals surface area contributed by atoms with E-state index in [4.69, 9.17) is 5.73 Å². The van der Waals surface area contributed by atoms with Gasteiger partial charge in [-0.2, -0.15) is 0 Å². The maximum absolute atomic E-state index is 13.8. The number of sulfonamides is 1. The predicted octanol–water partition coefficient (Wildman–Crippen LogP) is 3.20. The minimum absolute atomic E-state index is 0.00686. The van der Waals surface area contributed by atoms with Crippen molar-refractivity contribution in [2.45, 2.75) is 36.8 Å². The normalized spacial score (nSPS) is 15.4. The number of rotatable bonds is 6. The van der Waals surface area contributed by atoms with Crippen LogP contribution >= 0.6 is 15.9 Å². The van der Waals surface area contributed by atoms with E-state index in [2.05, 4.69) is 20.7 Å². The first-order chi connectivity index (χ1) is 11.6. The van der Waals surface area contributed by atoms with Gasteiger partial charge >= 0.3 is 0 Å². The molecule has 0 spiro atoms. The van der Waals surface area contributed by atoms with E-state index in [0.29, 0.717) is 4.47 Å². The summed E-state index contributed by atoms with van der Waals surface area (Å²) in [7, 11) is -3.93. The predicted molar refractivity (Wildman–Crippen MR) is 99.4 cm³/mol. The second-order valence-corrected chi connectivity index (χ2v) is 8.52. The monoisotopic (exact) mass is 430 g/mol. The molecule has 5 nitrogen and oxygen atoms in total. The third kappa shape index (κ3) is 4.78. The molecule has 0 saturated heterocycles. The maximum atomic E-state index is 13.8. The van der Waals surface area contributed by atoms with Crippen molar-refractivity contribution in [3.05, 3.63) is 58.3 Å². The zero-order valence-corrected chi connectivity index (χ0v) is 16.2. The Bertz CT molecular complexity index is 831. The van der Waals surface area contributed by atoms with Gasteiger partial charge in [0, 0.05) is 16.4 Å². The Kier molecular flexibility index (Phi) is 6.21. The van der Waals surface area contributed by atoms with Crippen molar-refractivity contribution >= 4 is 31.6 Å². The summed E-state index contributed by atoms with van der Waals surface area (Å²) in [4.78, 5) is -0.00686. The Labute approximate surface area is 155 Å². The van der Waals surface area contributed by atoms with Crippen LogP contribution in [0.15, 0.2) is 51.8 Å². The van der Waals surface area contributed by atoms with E-state index < -0.39 is 21.9 Å². The van der Waals surface area contributed by atoms with Gasteiger partial charge in [0.1, 0.15) is 5.82 Å². The summed E-state index contributed by atoms with van der Waals surface area (Å²) >= 11 is 3.12. The Hall–Kier alpha value is -1.48. The van der Waals surface area contributed by atoms with Crippen LogP contribution in [-0.4, -0.2) is 25.7 Å². The average molecular weight is 431 g/mol. The average Bonchev–Trinajstić information content (AvgIpc) is 2.50. The van der Waals surface area contributed by atoms with Crippen LogP contribution in [-0.2, 0) is 10.0 Å². The van der Waals surface area contributed by atoms with Crippen molar-refractivity contribution in [2.24, 2.45) is 5.73 Å². The minimum atomic E-state index is -3.93. The Morgan fingerprint density at radius 1 is 1.16 bits per heavy atom. The molecule has 0 bridgehead atoms. The number of nitrogens with two attached hydrogens (primary N) is 1. The smallest absolute Gasteiger partial charge is 0.261 e. The first-order valence-electron chi connectivity index (χ1n) is 7.63. The van der Waals surface area contributed by atoms with Gasteiger partial charge in [-0.1, -0.05) is 28.1 Å². The summed E-state index contributed by atoms with van der Waals surface area (Å²) < 4.78 is 41.4. The molecule has 136 valence electrons. The molecule has 2 rings (SSSR count). The van der Waals surface area contributed by atoms with E-state index in [1.165, 1.54) is 24.3 Å². The lowest BCUT2D eigenvalue weighted by Crippen LogP contribution is -2.32. The molecule has 3 atom stereocenters. The summed E-state index contributed by atoms with van der Waals surface area (Å²) in [6, 6.07) is 9.79. The number of aliphatic hydroxyl groups is 1. The van der Waals surface area contributed by atoms with Crippen molar-refractivity contribution in [1.82, 2.24) is 0 Å². The van der Waals surface area contributed by atoms with Crippen LogP contribution in [0.3, 0.4) is 0 Å². The fraction of sp³-hybridized carbons (Fsp3) is 0.294. The summed E-state index contributed by atoms with van der Waals surface area (Å²) in [6.45, 7) is 3.41. The number of anilines is 1. The lowest BCUT2D eigenvalue weighted by molar-refractivity contribution is 0.152. The maximum Gasteiger partial charge on any atom is 0.261 e. The summed E-state index contributed by atoms with van der Waals surface area (Å²) in [5.74, 6) is -0.991. The lowest BCUT2D eigenvalue weighted by Gasteiger charge is -2.24. The molecule has 0 saturated carbocycles. The molecule has 0 aliphatic carbocycles. The van der Waals surface area contributed by atoms with Crippen LogP contribution in [0, 0.1) is 5.82 Å². The number of benzene rings is 2. The Morgan fingerprint density at radius 2 is 1.76 bits per heavy atom. The molecule has 25 heavy (non-hydrogen) atoms. The number of halogens is 2. The van der Waals surface area contributed by atoms with Gasteiger partial charge in [0.25, 0.3) is 10.0 Å². The summed E-state index contributed by atoms with van der Waals surface area (Å²) in [5, 5.41) is 9.86. The molecule has 0 fully saturated rings. The third-order valence-corrected chi connectivity index (χ3v) is 5.71. The highest BCUT2D eigenvalue weighted by molar-refractivity contribution is 9.10. The van der Waals surface area contributed by atoms with E-state index in [1.54, 1.807) is 32.0 Å². The highest BCUT2D eigenvalue weighted by Crippen LogP contribution is 2.26. The standard InChI is InChI=1S/C17H20BrFN2O3S/c1-10(20)17(11(2)22)12-3-6-14(7-4-12)25(23,24)21-16-8-5-13(18)9-15(16)19/h3-11,17,21-22H,20H2,1-2H3. The molecular formula is C17H20BrFN2O3S. The molecule has 2 aromatic carbocycles. The topological polar surface area (TPSA) is 92.4 Å². The highest BCUT2D eigenvalue weighted by atomic mass is 79.9. The minimum Gasteiger partial charge on any atom is -0.393 e. The highest BCUT2D eigenvalue weighted by Gasteiger charge is 2.23.